The molecular weight excluding hydrogens is 1410 g/mol. The van der Waals surface area contributed by atoms with E-state index in [1.165, 1.54) is 82.3 Å². The zero-order valence-corrected chi connectivity index (χ0v) is 69.1. The number of hydrogen-bond acceptors (Lipinski definition) is 7. The van der Waals surface area contributed by atoms with Gasteiger partial charge in [0.25, 0.3) is 0 Å². The van der Waals surface area contributed by atoms with Crippen LogP contribution in [-0.4, -0.2) is 66.8 Å². The van der Waals surface area contributed by atoms with Crippen LogP contribution >= 0.6 is 11.8 Å². The standard InChI is InChI=1S/C20H18O.C19H20O.C19H18.C15H18O2.C12H14O.C11H14O.C11H14S/c1-15(11-12-16-7-3-2-4-8-16)20-18-10-6-5-9-17(18)13-14-19(20)21;1-17(14-15-19-11-6-3-7-12-19)20-16-8-13-18-9-4-2-5-10-18;1-15(11-12-16-7-3-2-4-8-16)18-14-13-17-9-5-6-10-19(17)18;1-11(15(12(2)16)13(3)17)9-10-14-7-5-4-6-8-14;1-2-5-11(6-3-1)8-9-12-7-4-10-13-12;2*1-10(12-2)8-9-11-6-4-3-5-7-11/h2-15,21H,1H3;2-15,17H,16H2,1H3;2-12,14-15H,13H2,1H3;4-11,15H,1-3H3;1-3,5-6,8-9,12H,4,7,10H2;2*3-10H,1-2H3/b12-11+;13-8+,15-14+;12-11+;10-9+;3*9-8+. The fourth-order valence-electron chi connectivity index (χ4n) is 12.4. The van der Waals surface area contributed by atoms with Gasteiger partial charge in [0.15, 0.2) is 0 Å². The lowest BCUT2D eigenvalue weighted by molar-refractivity contribution is -0.131. The highest BCUT2D eigenvalue weighted by molar-refractivity contribution is 7.99. The van der Waals surface area contributed by atoms with Gasteiger partial charge >= 0.3 is 0 Å². The van der Waals surface area contributed by atoms with Crippen molar-refractivity contribution in [1.29, 1.82) is 0 Å². The third kappa shape index (κ3) is 34.8. The van der Waals surface area contributed by atoms with Crippen LogP contribution < -0.4 is 0 Å². The van der Waals surface area contributed by atoms with Gasteiger partial charge in [0.05, 0.1) is 30.8 Å². The smallest absolute Gasteiger partial charge is 0.140 e. The summed E-state index contributed by atoms with van der Waals surface area (Å²) in [5, 5.41) is 13.1. The normalized spacial score (nSPS) is 14.6. The van der Waals surface area contributed by atoms with Crippen LogP contribution in [0, 0.1) is 17.8 Å². The van der Waals surface area contributed by atoms with Crippen LogP contribution in [0.1, 0.15) is 135 Å². The van der Waals surface area contributed by atoms with Gasteiger partial charge in [-0.1, -0.05) is 421 Å². The molecular formula is C107H116O6S. The van der Waals surface area contributed by atoms with Gasteiger partial charge in [-0.05, 0) is 150 Å². The van der Waals surface area contributed by atoms with Gasteiger partial charge in [-0.3, -0.25) is 9.59 Å². The highest BCUT2D eigenvalue weighted by atomic mass is 32.2. The maximum Gasteiger partial charge on any atom is 0.140 e. The molecule has 7 atom stereocenters. The van der Waals surface area contributed by atoms with Crippen LogP contribution in [0.3, 0.4) is 0 Å². The summed E-state index contributed by atoms with van der Waals surface area (Å²) in [6.07, 6.45) is 42.3. The Bertz CT molecular complexity index is 4700. The fraction of sp³-hybridized carbons (Fsp3) is 0.215. The highest BCUT2D eigenvalue weighted by Crippen LogP contribution is 2.36. The number of aromatic hydroxyl groups is 1. The summed E-state index contributed by atoms with van der Waals surface area (Å²) in [4.78, 5) is 22.8. The zero-order chi connectivity index (χ0) is 81.2. The summed E-state index contributed by atoms with van der Waals surface area (Å²) in [7, 11) is 1.71. The number of carbonyl (C=O) groups excluding carboxylic acids is 2. The lowest BCUT2D eigenvalue weighted by Crippen LogP contribution is -2.25. The molecule has 1 heterocycles. The minimum atomic E-state index is -0.519. The zero-order valence-electron chi connectivity index (χ0n) is 68.2. The molecule has 1 N–H and O–H groups in total. The van der Waals surface area contributed by atoms with Crippen molar-refractivity contribution in [3.05, 3.63) is 419 Å². The third-order valence-corrected chi connectivity index (χ3v) is 19.9. The predicted octanol–water partition coefficient (Wildman–Crippen LogP) is 27.4. The molecule has 0 amide bonds. The third-order valence-electron chi connectivity index (χ3n) is 19.0. The van der Waals surface area contributed by atoms with Crippen LogP contribution in [0.2, 0.25) is 0 Å². The second-order valence-electron chi connectivity index (χ2n) is 28.0. The fourth-order valence-corrected chi connectivity index (χ4v) is 12.7. The Hall–Kier alpha value is -11.3. The Morgan fingerprint density at radius 3 is 1.29 bits per heavy atom. The predicted molar refractivity (Wildman–Crippen MR) is 493 cm³/mol. The summed E-state index contributed by atoms with van der Waals surface area (Å²) >= 11 is 1.86. The first-order valence-electron chi connectivity index (χ1n) is 39.7. The Morgan fingerprint density at radius 2 is 0.842 bits per heavy atom. The molecule has 1 fully saturated rings. The van der Waals surface area contributed by atoms with E-state index in [1.54, 1.807) is 13.2 Å². The molecule has 13 rings (SSSR count). The maximum atomic E-state index is 11.4. The number of thioether (sulfide) groups is 1. The van der Waals surface area contributed by atoms with E-state index < -0.39 is 5.92 Å². The number of rotatable bonds is 25. The average Bonchev–Trinajstić information content (AvgIpc) is 0.919. The summed E-state index contributed by atoms with van der Waals surface area (Å²) in [5.74, 6) is 0.254. The van der Waals surface area contributed by atoms with Crippen LogP contribution in [0.15, 0.2) is 358 Å². The van der Waals surface area contributed by atoms with Gasteiger partial charge in [-0.15, -0.1) is 0 Å². The van der Waals surface area contributed by atoms with E-state index in [9.17, 15) is 14.7 Å². The quantitative estimate of drug-likeness (QED) is 0.0571. The van der Waals surface area contributed by atoms with Crippen molar-refractivity contribution in [1.82, 2.24) is 0 Å². The van der Waals surface area contributed by atoms with Crippen LogP contribution in [0.4, 0.5) is 0 Å². The van der Waals surface area contributed by atoms with Crippen molar-refractivity contribution in [2.45, 2.75) is 104 Å². The van der Waals surface area contributed by atoms with E-state index in [2.05, 4.69) is 277 Å². The van der Waals surface area contributed by atoms with Crippen molar-refractivity contribution in [3.63, 3.8) is 0 Å². The van der Waals surface area contributed by atoms with Crippen LogP contribution in [-0.2, 0) is 30.2 Å². The molecule has 0 aromatic heterocycles. The van der Waals surface area contributed by atoms with Crippen molar-refractivity contribution >= 4 is 88.3 Å². The number of carbonyl (C=O) groups is 2. The van der Waals surface area contributed by atoms with E-state index in [-0.39, 0.29) is 35.6 Å². The number of phenols is 1. The Kier molecular flexibility index (Phi) is 41.7. The number of fused-ring (bicyclic) bond motifs is 2. The van der Waals surface area contributed by atoms with Crippen LogP contribution in [0.25, 0.3) is 65.0 Å². The van der Waals surface area contributed by atoms with E-state index >= 15 is 0 Å². The number of ketones is 2. The number of methoxy groups -OCH3 is 1. The second kappa shape index (κ2) is 52.9. The number of allylic oxidation sites excluding steroid dienone is 5. The molecule has 6 nitrogen and oxygen atoms in total. The largest absolute Gasteiger partial charge is 0.508 e. The summed E-state index contributed by atoms with van der Waals surface area (Å²) in [5.41, 5.74) is 15.0. The monoisotopic (exact) mass is 1530 g/mol. The topological polar surface area (TPSA) is 82.1 Å². The summed E-state index contributed by atoms with van der Waals surface area (Å²) in [6, 6.07) is 103. The van der Waals surface area contributed by atoms with Crippen molar-refractivity contribution in [2.24, 2.45) is 17.8 Å². The first-order chi connectivity index (χ1) is 55.6. The summed E-state index contributed by atoms with van der Waals surface area (Å²) < 4.78 is 16.3. The van der Waals surface area contributed by atoms with E-state index in [0.717, 1.165) is 34.9 Å². The van der Waals surface area contributed by atoms with Crippen molar-refractivity contribution < 1.29 is 28.9 Å². The van der Waals surface area contributed by atoms with Gasteiger partial charge in [-0.2, -0.15) is 11.8 Å². The highest BCUT2D eigenvalue weighted by Gasteiger charge is 2.24. The molecule has 7 heteroatoms. The molecule has 11 aromatic rings. The van der Waals surface area contributed by atoms with E-state index in [0.29, 0.717) is 29.6 Å². The van der Waals surface area contributed by atoms with E-state index in [4.69, 9.17) is 14.2 Å². The molecule has 1 aliphatic carbocycles. The molecule has 1 aliphatic heterocycles. The molecule has 114 heavy (non-hydrogen) atoms. The average molecular weight is 1530 g/mol. The van der Waals surface area contributed by atoms with Gasteiger partial charge in [0.2, 0.25) is 0 Å². The molecule has 0 saturated carbocycles. The SMILES string of the molecule is C(=C\C1CCCO1)/c1ccccc1.CC(/C=C/c1ccccc1)C1=CCc2ccccc21.CC(/C=C/c1ccccc1)OC/C=C/c1ccccc1.CC(/C=C/c1ccccc1)c1c(O)ccc2ccccc12.CC(=O)C(C(C)=O)C(C)/C=C/c1ccccc1.COC(C)/C=C/c1ccccc1.CSC(C)/C=C/c1ccccc1. The molecule has 1 saturated heterocycles. The first-order valence-corrected chi connectivity index (χ1v) is 41.0. The molecule has 586 valence electrons. The second-order valence-corrected chi connectivity index (χ2v) is 29.3. The molecule has 2 aliphatic rings. The van der Waals surface area contributed by atoms with Gasteiger partial charge in [0.1, 0.15) is 17.3 Å². The maximum absolute atomic E-state index is 11.4. The molecule has 7 unspecified atom stereocenters. The minimum absolute atomic E-state index is 0.0646. The van der Waals surface area contributed by atoms with Crippen LogP contribution in [0.5, 0.6) is 5.75 Å². The van der Waals surface area contributed by atoms with Crippen molar-refractivity contribution in [3.8, 4) is 5.75 Å². The van der Waals surface area contributed by atoms with E-state index in [1.807, 2.05) is 183 Å². The Morgan fingerprint density at radius 1 is 0.447 bits per heavy atom. The Balaban J connectivity index is 0.000000186. The molecule has 0 bridgehead atoms. The summed E-state index contributed by atoms with van der Waals surface area (Å²) in [6.45, 7) is 17.0. The van der Waals surface area contributed by atoms with Gasteiger partial charge < -0.3 is 19.3 Å². The molecule has 0 spiro atoms. The van der Waals surface area contributed by atoms with Gasteiger partial charge in [-0.25, -0.2) is 0 Å². The number of phenolic OH excluding ortho intramolecular Hbond substituents is 1. The van der Waals surface area contributed by atoms with Crippen molar-refractivity contribution in [2.75, 3.05) is 26.6 Å². The lowest BCUT2D eigenvalue weighted by Gasteiger charge is -2.15. The Labute approximate surface area is 686 Å². The molecule has 0 radical (unpaired) electrons. The molecule has 11 aromatic carbocycles. The number of hydrogen-bond donors (Lipinski definition) is 1. The number of ether oxygens (including phenoxy) is 3. The number of Topliss-reactive ketones (excluding diaryl/α,β-unsaturated/α-hetero) is 2. The number of benzene rings is 11. The first kappa shape index (κ1) is 89.9. The van der Waals surface area contributed by atoms with Gasteiger partial charge in [0, 0.05) is 30.4 Å². The minimum Gasteiger partial charge on any atom is -0.508 e. The lowest BCUT2D eigenvalue weighted by atomic mass is 9.87.